The van der Waals surface area contributed by atoms with Gasteiger partial charge in [-0.3, -0.25) is 4.79 Å². The fourth-order valence-electron chi connectivity index (χ4n) is 2.55. The number of rotatable bonds is 9. The van der Waals surface area contributed by atoms with Gasteiger partial charge in [0.1, 0.15) is 6.10 Å². The minimum absolute atomic E-state index is 0.0918. The van der Waals surface area contributed by atoms with Crippen LogP contribution in [0.4, 0.5) is 5.69 Å². The third kappa shape index (κ3) is 4.68. The molecule has 1 amide bonds. The van der Waals surface area contributed by atoms with Crippen molar-refractivity contribution in [2.45, 2.75) is 45.1 Å². The number of benzene rings is 1. The Balaban J connectivity index is 1.91. The Morgan fingerprint density at radius 3 is 2.92 bits per heavy atom. The van der Waals surface area contributed by atoms with E-state index in [1.165, 1.54) is 0 Å². The summed E-state index contributed by atoms with van der Waals surface area (Å²) in [5.74, 6) is -0.669. The van der Waals surface area contributed by atoms with Crippen LogP contribution < -0.4 is 5.32 Å². The molecule has 1 unspecified atom stereocenters. The number of fused-ring (bicyclic) bond motifs is 1. The van der Waals surface area contributed by atoms with Crippen LogP contribution in [0.25, 0.3) is 0 Å². The summed E-state index contributed by atoms with van der Waals surface area (Å²) >= 11 is 0. The van der Waals surface area contributed by atoms with Crippen molar-refractivity contribution in [3.63, 3.8) is 0 Å². The van der Waals surface area contributed by atoms with E-state index in [-0.39, 0.29) is 37.4 Å². The molecule has 24 heavy (non-hydrogen) atoms. The van der Waals surface area contributed by atoms with E-state index in [0.29, 0.717) is 11.3 Å². The zero-order chi connectivity index (χ0) is 17.5. The molecule has 1 aliphatic rings. The zero-order valence-electron chi connectivity index (χ0n) is 13.4. The average Bonchev–Trinajstić information content (AvgIpc) is 2.85. The average molecular weight is 336 g/mol. The van der Waals surface area contributed by atoms with Crippen LogP contribution in [0.15, 0.2) is 18.2 Å². The van der Waals surface area contributed by atoms with Gasteiger partial charge in [0.15, 0.2) is 0 Å². The lowest BCUT2D eigenvalue weighted by Gasteiger charge is -2.10. The van der Waals surface area contributed by atoms with Gasteiger partial charge in [-0.1, -0.05) is 19.4 Å². The Labute approximate surface area is 139 Å². The van der Waals surface area contributed by atoms with Gasteiger partial charge in [-0.2, -0.15) is 0 Å². The molecule has 1 aromatic carbocycles. The van der Waals surface area contributed by atoms with Crippen LogP contribution in [0.2, 0.25) is 0 Å². The van der Waals surface area contributed by atoms with Crippen molar-refractivity contribution in [2.24, 2.45) is 0 Å². The van der Waals surface area contributed by atoms with Crippen LogP contribution in [0.1, 0.15) is 61.1 Å². The number of carbonyl (C=O) groups is 2. The van der Waals surface area contributed by atoms with Crippen molar-refractivity contribution < 1.29 is 24.3 Å². The number of hydrogen-bond donors (Lipinski definition) is 1. The van der Waals surface area contributed by atoms with Crippen molar-refractivity contribution in [1.82, 2.24) is 0 Å². The lowest BCUT2D eigenvalue weighted by atomic mass is 10.0. The zero-order valence-corrected chi connectivity index (χ0v) is 13.4. The molecule has 0 radical (unpaired) electrons. The Kier molecular flexibility index (Phi) is 6.11. The van der Waals surface area contributed by atoms with Crippen molar-refractivity contribution in [1.29, 1.82) is 0 Å². The summed E-state index contributed by atoms with van der Waals surface area (Å²) in [7, 11) is 0. The maximum Gasteiger partial charge on any atom is 0.339 e. The number of amides is 1. The molecule has 1 atom stereocenters. The second-order valence-electron chi connectivity index (χ2n) is 5.55. The highest BCUT2D eigenvalue weighted by molar-refractivity contribution is 5.97. The lowest BCUT2D eigenvalue weighted by Crippen LogP contribution is -2.13. The van der Waals surface area contributed by atoms with Crippen molar-refractivity contribution >= 4 is 17.6 Å². The summed E-state index contributed by atoms with van der Waals surface area (Å²) in [6, 6.07) is 5.13. The second kappa shape index (κ2) is 8.28. The number of ether oxygens (including phenoxy) is 1. The number of hydrogen-bond acceptors (Lipinski definition) is 6. The highest BCUT2D eigenvalue weighted by Gasteiger charge is 2.30. The third-order valence-corrected chi connectivity index (χ3v) is 3.72. The molecule has 8 heteroatoms. The van der Waals surface area contributed by atoms with Gasteiger partial charge >= 0.3 is 5.97 Å². The fourth-order valence-corrected chi connectivity index (χ4v) is 2.55. The fraction of sp³-hybridized carbons (Fsp3) is 0.500. The summed E-state index contributed by atoms with van der Waals surface area (Å²) in [5.41, 5.74) is 1.83. The van der Waals surface area contributed by atoms with Gasteiger partial charge < -0.3 is 14.9 Å². The van der Waals surface area contributed by atoms with Gasteiger partial charge in [-0.15, -0.1) is 10.1 Å². The summed E-state index contributed by atoms with van der Waals surface area (Å²) in [6.07, 6.45) is 2.90. The molecule has 0 bridgehead atoms. The van der Waals surface area contributed by atoms with E-state index in [9.17, 15) is 19.7 Å². The molecule has 0 aromatic heterocycles. The van der Waals surface area contributed by atoms with Gasteiger partial charge in [-0.25, -0.2) is 4.79 Å². The summed E-state index contributed by atoms with van der Waals surface area (Å²) in [5, 5.41) is 11.8. The van der Waals surface area contributed by atoms with E-state index in [0.717, 1.165) is 24.8 Å². The van der Waals surface area contributed by atoms with Gasteiger partial charge in [0.2, 0.25) is 5.91 Å². The van der Waals surface area contributed by atoms with Crippen molar-refractivity contribution in [3.05, 3.63) is 39.4 Å². The first kappa shape index (κ1) is 17.7. The molecule has 1 aliphatic heterocycles. The molecule has 1 N–H and O–H groups in total. The Hall–Kier alpha value is -2.64. The smallest absolute Gasteiger partial charge is 0.339 e. The molecule has 8 nitrogen and oxygen atoms in total. The first-order valence-corrected chi connectivity index (χ1v) is 7.93. The largest absolute Gasteiger partial charge is 0.454 e. The molecule has 1 heterocycles. The summed E-state index contributed by atoms with van der Waals surface area (Å²) in [6.45, 7) is 1.95. The molecule has 0 spiro atoms. The number of cyclic esters (lactones) is 1. The monoisotopic (exact) mass is 336 g/mol. The number of esters is 1. The quantitative estimate of drug-likeness (QED) is 0.321. The predicted octanol–water partition coefficient (Wildman–Crippen LogP) is 3.02. The minimum atomic E-state index is -0.890. The van der Waals surface area contributed by atoms with Crippen LogP contribution in [0, 0.1) is 10.1 Å². The molecule has 0 saturated carbocycles. The molecular weight excluding hydrogens is 316 g/mol. The van der Waals surface area contributed by atoms with E-state index in [1.54, 1.807) is 18.2 Å². The summed E-state index contributed by atoms with van der Waals surface area (Å²) in [4.78, 5) is 37.9. The molecule has 0 aliphatic carbocycles. The number of nitrogens with zero attached hydrogens (tertiary/aromatic N) is 1. The third-order valence-electron chi connectivity index (χ3n) is 3.72. The highest BCUT2D eigenvalue weighted by Crippen LogP contribution is 2.35. The van der Waals surface area contributed by atoms with Gasteiger partial charge in [0, 0.05) is 17.7 Å². The van der Waals surface area contributed by atoms with Gasteiger partial charge in [0.25, 0.3) is 5.09 Å². The van der Waals surface area contributed by atoms with Gasteiger partial charge in [-0.05, 0) is 31.4 Å². The van der Waals surface area contributed by atoms with E-state index in [1.807, 2.05) is 0 Å². The number of carbonyl (C=O) groups excluding carboxylic acids is 2. The van der Waals surface area contributed by atoms with E-state index in [4.69, 9.17) is 4.74 Å². The highest BCUT2D eigenvalue weighted by atomic mass is 16.9. The summed E-state index contributed by atoms with van der Waals surface area (Å²) < 4.78 is 5.36. The topological polar surface area (TPSA) is 108 Å². The van der Waals surface area contributed by atoms with Crippen LogP contribution in [-0.4, -0.2) is 23.6 Å². The normalized spacial score (nSPS) is 15.5. The van der Waals surface area contributed by atoms with Crippen molar-refractivity contribution in [3.8, 4) is 0 Å². The minimum Gasteiger partial charge on any atom is -0.454 e. The Morgan fingerprint density at radius 1 is 1.42 bits per heavy atom. The first-order chi connectivity index (χ1) is 11.5. The molecule has 130 valence electrons. The standard InChI is InChI=1S/C16H20N2O6/c1-2-3-5-14-12-8-7-11(10-13(12)16(20)24-14)17-15(19)6-4-9-23-18(21)22/h7-8,10,14H,2-6,9H2,1H3,(H,17,19). The van der Waals surface area contributed by atoms with Crippen LogP contribution in [0.3, 0.4) is 0 Å². The number of nitrogens with one attached hydrogen (secondary N) is 1. The van der Waals surface area contributed by atoms with Crippen molar-refractivity contribution in [2.75, 3.05) is 11.9 Å². The van der Waals surface area contributed by atoms with Gasteiger partial charge in [0.05, 0.1) is 12.2 Å². The maximum absolute atomic E-state index is 11.9. The molecule has 1 aromatic rings. The Morgan fingerprint density at radius 2 is 2.21 bits per heavy atom. The van der Waals surface area contributed by atoms with E-state index in [2.05, 4.69) is 17.1 Å². The predicted molar refractivity (Wildman–Crippen MR) is 84.9 cm³/mol. The lowest BCUT2D eigenvalue weighted by molar-refractivity contribution is -0.757. The second-order valence-corrected chi connectivity index (χ2v) is 5.55. The molecule has 0 fully saturated rings. The van der Waals surface area contributed by atoms with Crippen LogP contribution in [0.5, 0.6) is 0 Å². The van der Waals surface area contributed by atoms with Crippen LogP contribution >= 0.6 is 0 Å². The molecule has 2 rings (SSSR count). The first-order valence-electron chi connectivity index (χ1n) is 7.93. The molecular formula is C16H20N2O6. The molecule has 0 saturated heterocycles. The number of unbranched alkanes of at least 4 members (excludes halogenated alkanes) is 1. The SMILES string of the molecule is CCCCC1OC(=O)c2cc(NC(=O)CCCO[N+](=O)[O-])ccc21. The van der Waals surface area contributed by atoms with Crippen LogP contribution in [-0.2, 0) is 14.4 Å². The van der Waals surface area contributed by atoms with E-state index < -0.39 is 5.09 Å². The number of anilines is 1. The Bertz CT molecular complexity index is 631. The maximum atomic E-state index is 11.9. The van der Waals surface area contributed by atoms with E-state index >= 15 is 0 Å².